The number of halogens is 4. The molecule has 0 radical (unpaired) electrons. The summed E-state index contributed by atoms with van der Waals surface area (Å²) in [7, 11) is 0. The third-order valence-electron chi connectivity index (χ3n) is 4.50. The van der Waals surface area contributed by atoms with Crippen LogP contribution in [0.15, 0.2) is 74.5 Å². The molecule has 3 aromatic carbocycles. The molecule has 3 nitrogen and oxygen atoms in total. The van der Waals surface area contributed by atoms with Crippen LogP contribution in [0.1, 0.15) is 11.1 Å². The number of carbonyl (C=O) groups excluding carboxylic acids is 1. The number of amides is 1. The van der Waals surface area contributed by atoms with Crippen molar-refractivity contribution in [2.75, 3.05) is 4.90 Å². The molecule has 1 saturated heterocycles. The second-order valence-electron chi connectivity index (χ2n) is 6.70. The lowest BCUT2D eigenvalue weighted by molar-refractivity contribution is -0.113. The van der Waals surface area contributed by atoms with Crippen molar-refractivity contribution in [1.29, 1.82) is 0 Å². The van der Waals surface area contributed by atoms with Gasteiger partial charge in [-0.2, -0.15) is 0 Å². The number of anilines is 1. The van der Waals surface area contributed by atoms with Gasteiger partial charge in [-0.1, -0.05) is 48.2 Å². The predicted octanol–water partition coefficient (Wildman–Crippen LogP) is 7.47. The molecule has 162 valence electrons. The fourth-order valence-electron chi connectivity index (χ4n) is 3.00. The summed E-state index contributed by atoms with van der Waals surface area (Å²) in [5, 5.41) is 0. The Kier molecular flexibility index (Phi) is 7.09. The van der Waals surface area contributed by atoms with E-state index in [-0.39, 0.29) is 28.3 Å². The minimum atomic E-state index is -0.516. The van der Waals surface area contributed by atoms with Crippen LogP contribution in [0.5, 0.6) is 5.75 Å². The van der Waals surface area contributed by atoms with Gasteiger partial charge in [-0.3, -0.25) is 9.69 Å². The lowest BCUT2D eigenvalue weighted by atomic mass is 10.2. The highest BCUT2D eigenvalue weighted by Gasteiger charge is 2.34. The lowest BCUT2D eigenvalue weighted by Crippen LogP contribution is -2.28. The van der Waals surface area contributed by atoms with Crippen LogP contribution in [0.25, 0.3) is 6.08 Å². The molecule has 0 atom stereocenters. The maximum Gasteiger partial charge on any atom is 0.270 e. The molecule has 1 aliphatic heterocycles. The van der Waals surface area contributed by atoms with E-state index in [1.165, 1.54) is 29.2 Å². The second kappa shape index (κ2) is 9.82. The van der Waals surface area contributed by atoms with Crippen LogP contribution in [0.4, 0.5) is 14.5 Å². The largest absolute Gasteiger partial charge is 0.487 e. The first-order valence-corrected chi connectivity index (χ1v) is 12.0. The number of thioether (sulfide) groups is 1. The molecule has 32 heavy (non-hydrogen) atoms. The standard InChI is InChI=1S/C23H13Br2F2NO2S2/c24-16-9-14(10-17(25)21(16)30-12-13-5-7-15(26)8-6-13)11-20-22(29)28(23(31)32-20)19-4-2-1-3-18(19)27/h1-11H,12H2/b20-11-. The Morgan fingerprint density at radius 1 is 1.03 bits per heavy atom. The number of hydrogen-bond donors (Lipinski definition) is 0. The zero-order valence-electron chi connectivity index (χ0n) is 16.2. The van der Waals surface area contributed by atoms with Crippen LogP contribution in [0.3, 0.4) is 0 Å². The normalized spacial score (nSPS) is 15.0. The molecule has 1 amide bonds. The van der Waals surface area contributed by atoms with Crippen molar-refractivity contribution in [2.45, 2.75) is 6.61 Å². The smallest absolute Gasteiger partial charge is 0.270 e. The third kappa shape index (κ3) is 4.96. The molecule has 0 N–H and O–H groups in total. The van der Waals surface area contributed by atoms with Gasteiger partial charge in [-0.25, -0.2) is 8.78 Å². The highest BCUT2D eigenvalue weighted by atomic mass is 79.9. The topological polar surface area (TPSA) is 29.5 Å². The number of benzene rings is 3. The Labute approximate surface area is 209 Å². The first-order chi connectivity index (χ1) is 15.3. The van der Waals surface area contributed by atoms with Crippen molar-refractivity contribution in [2.24, 2.45) is 0 Å². The number of rotatable bonds is 5. The molecule has 4 rings (SSSR count). The molecular weight excluding hydrogens is 584 g/mol. The van der Waals surface area contributed by atoms with E-state index in [4.69, 9.17) is 17.0 Å². The van der Waals surface area contributed by atoms with Gasteiger partial charge in [0.2, 0.25) is 0 Å². The summed E-state index contributed by atoms with van der Waals surface area (Å²) in [6.45, 7) is 0.262. The van der Waals surface area contributed by atoms with Gasteiger partial charge in [0.25, 0.3) is 5.91 Å². The van der Waals surface area contributed by atoms with Crippen molar-refractivity contribution in [1.82, 2.24) is 0 Å². The van der Waals surface area contributed by atoms with Crippen LogP contribution >= 0.6 is 55.8 Å². The summed E-state index contributed by atoms with van der Waals surface area (Å²) >= 11 is 13.4. The monoisotopic (exact) mass is 595 g/mol. The van der Waals surface area contributed by atoms with Crippen LogP contribution in [0, 0.1) is 11.6 Å². The maximum atomic E-state index is 14.2. The van der Waals surface area contributed by atoms with Crippen LogP contribution in [-0.4, -0.2) is 10.2 Å². The van der Waals surface area contributed by atoms with Gasteiger partial charge in [0, 0.05) is 0 Å². The van der Waals surface area contributed by atoms with E-state index in [1.54, 1.807) is 42.5 Å². The second-order valence-corrected chi connectivity index (χ2v) is 10.1. The summed E-state index contributed by atoms with van der Waals surface area (Å²) in [6, 6.07) is 15.7. The molecule has 0 aliphatic carbocycles. The van der Waals surface area contributed by atoms with Gasteiger partial charge in [-0.15, -0.1) is 0 Å². The molecule has 1 fully saturated rings. The quantitative estimate of drug-likeness (QED) is 0.226. The van der Waals surface area contributed by atoms with Crippen LogP contribution < -0.4 is 9.64 Å². The van der Waals surface area contributed by atoms with E-state index in [0.29, 0.717) is 19.6 Å². The van der Waals surface area contributed by atoms with Gasteiger partial charge in [0.05, 0.1) is 19.5 Å². The molecule has 1 heterocycles. The van der Waals surface area contributed by atoms with Crippen molar-refractivity contribution in [3.63, 3.8) is 0 Å². The van der Waals surface area contributed by atoms with Gasteiger partial charge >= 0.3 is 0 Å². The number of ether oxygens (including phenoxy) is 1. The molecule has 0 aromatic heterocycles. The maximum absolute atomic E-state index is 14.2. The average Bonchev–Trinajstić information content (AvgIpc) is 3.02. The van der Waals surface area contributed by atoms with E-state index < -0.39 is 5.82 Å². The molecular formula is C23H13Br2F2NO2S2. The van der Waals surface area contributed by atoms with Crippen LogP contribution in [-0.2, 0) is 11.4 Å². The number of carbonyl (C=O) groups is 1. The first kappa shape index (κ1) is 23.1. The van der Waals surface area contributed by atoms with E-state index in [9.17, 15) is 13.6 Å². The number of nitrogens with zero attached hydrogens (tertiary/aromatic N) is 1. The first-order valence-electron chi connectivity index (χ1n) is 9.22. The summed E-state index contributed by atoms with van der Waals surface area (Å²) in [5.74, 6) is -0.626. The highest BCUT2D eigenvalue weighted by molar-refractivity contribution is 9.11. The minimum Gasteiger partial charge on any atom is -0.487 e. The number of thiocarbonyl (C=S) groups is 1. The molecule has 0 unspecified atom stereocenters. The van der Waals surface area contributed by atoms with Crippen molar-refractivity contribution < 1.29 is 18.3 Å². The van der Waals surface area contributed by atoms with E-state index in [0.717, 1.165) is 22.9 Å². The summed E-state index contributed by atoms with van der Waals surface area (Å²) in [5.41, 5.74) is 1.68. The number of hydrogen-bond acceptors (Lipinski definition) is 4. The average molecular weight is 597 g/mol. The summed E-state index contributed by atoms with van der Waals surface area (Å²) in [4.78, 5) is 14.5. The Morgan fingerprint density at radius 2 is 1.69 bits per heavy atom. The van der Waals surface area contributed by atoms with Gasteiger partial charge in [0.15, 0.2) is 4.32 Å². The van der Waals surface area contributed by atoms with Crippen molar-refractivity contribution in [3.05, 3.63) is 97.3 Å². The molecule has 0 saturated carbocycles. The molecule has 3 aromatic rings. The van der Waals surface area contributed by atoms with Gasteiger partial charge < -0.3 is 4.74 Å². The van der Waals surface area contributed by atoms with E-state index in [1.807, 2.05) is 0 Å². The highest BCUT2D eigenvalue weighted by Crippen LogP contribution is 2.39. The van der Waals surface area contributed by atoms with Crippen molar-refractivity contribution in [3.8, 4) is 5.75 Å². The fourth-order valence-corrected chi connectivity index (χ4v) is 5.73. The Morgan fingerprint density at radius 3 is 2.34 bits per heavy atom. The zero-order chi connectivity index (χ0) is 22.8. The Balaban J connectivity index is 1.55. The Bertz CT molecular complexity index is 1230. The summed E-state index contributed by atoms with van der Waals surface area (Å²) in [6.07, 6.45) is 1.69. The predicted molar refractivity (Wildman–Crippen MR) is 135 cm³/mol. The number of para-hydroxylation sites is 1. The van der Waals surface area contributed by atoms with Gasteiger partial charge in [0.1, 0.15) is 24.0 Å². The SMILES string of the molecule is O=C1/C(=C/c2cc(Br)c(OCc3ccc(F)cc3)c(Br)c2)SC(=S)N1c1ccccc1F. The van der Waals surface area contributed by atoms with E-state index in [2.05, 4.69) is 31.9 Å². The Hall–Kier alpha value is -2.07. The minimum absolute atomic E-state index is 0.130. The van der Waals surface area contributed by atoms with E-state index >= 15 is 0 Å². The molecule has 9 heteroatoms. The van der Waals surface area contributed by atoms with Crippen molar-refractivity contribution >= 4 is 77.8 Å². The van der Waals surface area contributed by atoms with Gasteiger partial charge in [-0.05, 0) is 85.5 Å². The third-order valence-corrected chi connectivity index (χ3v) is 6.98. The fraction of sp³-hybridized carbons (Fsp3) is 0.0435. The van der Waals surface area contributed by atoms with Crippen LogP contribution in [0.2, 0.25) is 0 Å². The summed E-state index contributed by atoms with van der Waals surface area (Å²) < 4.78 is 34.7. The molecule has 1 aliphatic rings. The lowest BCUT2D eigenvalue weighted by Gasteiger charge is -2.15. The molecule has 0 spiro atoms. The zero-order valence-corrected chi connectivity index (χ0v) is 21.0. The molecule has 0 bridgehead atoms.